The van der Waals surface area contributed by atoms with Crippen molar-refractivity contribution in [1.29, 1.82) is 0 Å². The van der Waals surface area contributed by atoms with E-state index < -0.39 is 0 Å². The first kappa shape index (κ1) is 9.65. The Kier molecular flexibility index (Phi) is 3.20. The fraction of sp³-hybridized carbons (Fsp3) is 0.833. The summed E-state index contributed by atoms with van der Waals surface area (Å²) in [5.74, 6) is 9.60. The Balaban J connectivity index is 2.64. The van der Waals surface area contributed by atoms with Crippen LogP contribution >= 0.6 is 0 Å². The van der Waals surface area contributed by atoms with Crippen molar-refractivity contribution in [2.45, 2.75) is 40.5 Å². The van der Waals surface area contributed by atoms with Crippen molar-refractivity contribution >= 4 is 0 Å². The average molecular weight is 164 g/mol. The van der Waals surface area contributed by atoms with Crippen LogP contribution in [0.4, 0.5) is 0 Å². The van der Waals surface area contributed by atoms with Crippen LogP contribution in [0.2, 0.25) is 0 Å². The van der Waals surface area contributed by atoms with Gasteiger partial charge in [-0.15, -0.1) is 5.92 Å². The van der Waals surface area contributed by atoms with E-state index in [1.165, 1.54) is 12.8 Å². The summed E-state index contributed by atoms with van der Waals surface area (Å²) in [4.78, 5) is 0. The SMILES string of the molecule is CC#CC1CC(C)CC(C)C1C. The van der Waals surface area contributed by atoms with Crippen LogP contribution < -0.4 is 0 Å². The Bertz CT molecular complexity index is 194. The molecule has 0 nitrogen and oxygen atoms in total. The molecule has 4 unspecified atom stereocenters. The van der Waals surface area contributed by atoms with Gasteiger partial charge in [0.05, 0.1) is 0 Å². The second kappa shape index (κ2) is 3.99. The molecule has 4 atom stereocenters. The molecule has 0 bridgehead atoms. The summed E-state index contributed by atoms with van der Waals surface area (Å²) in [7, 11) is 0. The van der Waals surface area contributed by atoms with Gasteiger partial charge < -0.3 is 0 Å². The van der Waals surface area contributed by atoms with Crippen molar-refractivity contribution in [3.8, 4) is 11.8 Å². The van der Waals surface area contributed by atoms with Gasteiger partial charge in [0, 0.05) is 5.92 Å². The summed E-state index contributed by atoms with van der Waals surface area (Å²) in [6.45, 7) is 9.03. The highest BCUT2D eigenvalue weighted by Gasteiger charge is 2.29. The molecular formula is C12H20. The van der Waals surface area contributed by atoms with Crippen LogP contribution in [-0.4, -0.2) is 0 Å². The van der Waals surface area contributed by atoms with Crippen LogP contribution in [-0.2, 0) is 0 Å². The van der Waals surface area contributed by atoms with Crippen LogP contribution in [0.15, 0.2) is 0 Å². The standard InChI is InChI=1S/C12H20/c1-5-6-12-8-9(2)7-10(3)11(12)4/h9-12H,7-8H2,1-4H3. The highest BCUT2D eigenvalue weighted by atomic mass is 14.3. The minimum atomic E-state index is 0.661. The minimum Gasteiger partial charge on any atom is -0.106 e. The maximum atomic E-state index is 3.35. The topological polar surface area (TPSA) is 0 Å². The van der Waals surface area contributed by atoms with Gasteiger partial charge in [0.15, 0.2) is 0 Å². The molecule has 0 amide bonds. The van der Waals surface area contributed by atoms with Crippen molar-refractivity contribution in [1.82, 2.24) is 0 Å². The first-order chi connectivity index (χ1) is 5.65. The van der Waals surface area contributed by atoms with Crippen molar-refractivity contribution in [3.05, 3.63) is 0 Å². The monoisotopic (exact) mass is 164 g/mol. The predicted octanol–water partition coefficient (Wildman–Crippen LogP) is 3.33. The fourth-order valence-corrected chi connectivity index (χ4v) is 2.37. The highest BCUT2D eigenvalue weighted by molar-refractivity contribution is 5.05. The van der Waals surface area contributed by atoms with Gasteiger partial charge in [-0.2, -0.15) is 0 Å². The van der Waals surface area contributed by atoms with E-state index in [4.69, 9.17) is 0 Å². The molecule has 0 aliphatic heterocycles. The average Bonchev–Trinajstić information content (AvgIpc) is 2.00. The molecular weight excluding hydrogens is 144 g/mol. The summed E-state index contributed by atoms with van der Waals surface area (Å²) in [6, 6.07) is 0. The summed E-state index contributed by atoms with van der Waals surface area (Å²) >= 11 is 0. The Labute approximate surface area is 76.7 Å². The molecule has 0 radical (unpaired) electrons. The first-order valence-electron chi connectivity index (χ1n) is 5.07. The third kappa shape index (κ3) is 2.03. The number of hydrogen-bond donors (Lipinski definition) is 0. The lowest BCUT2D eigenvalue weighted by Crippen LogP contribution is -2.27. The maximum Gasteiger partial charge on any atom is 0.0233 e. The van der Waals surface area contributed by atoms with Gasteiger partial charge in [-0.05, 0) is 37.5 Å². The Morgan fingerprint density at radius 1 is 1.08 bits per heavy atom. The highest BCUT2D eigenvalue weighted by Crippen LogP contribution is 2.37. The predicted molar refractivity (Wildman–Crippen MR) is 53.7 cm³/mol. The Morgan fingerprint density at radius 2 is 1.75 bits per heavy atom. The first-order valence-corrected chi connectivity index (χ1v) is 5.07. The lowest BCUT2D eigenvalue weighted by Gasteiger charge is -2.34. The van der Waals surface area contributed by atoms with Gasteiger partial charge in [-0.25, -0.2) is 0 Å². The van der Waals surface area contributed by atoms with Gasteiger partial charge in [-0.1, -0.05) is 26.7 Å². The van der Waals surface area contributed by atoms with Crippen molar-refractivity contribution in [2.24, 2.45) is 23.7 Å². The second-order valence-electron chi connectivity index (χ2n) is 4.41. The molecule has 1 aliphatic rings. The lowest BCUT2D eigenvalue weighted by atomic mass is 9.70. The van der Waals surface area contributed by atoms with Crippen LogP contribution in [0.1, 0.15) is 40.5 Å². The Morgan fingerprint density at radius 3 is 2.33 bits per heavy atom. The molecule has 1 fully saturated rings. The summed E-state index contributed by atoms with van der Waals surface area (Å²) in [5, 5.41) is 0. The van der Waals surface area contributed by atoms with Crippen molar-refractivity contribution in [3.63, 3.8) is 0 Å². The Hall–Kier alpha value is -0.440. The van der Waals surface area contributed by atoms with E-state index in [-0.39, 0.29) is 0 Å². The van der Waals surface area contributed by atoms with Gasteiger partial charge in [0.2, 0.25) is 0 Å². The molecule has 68 valence electrons. The molecule has 0 heteroatoms. The molecule has 1 saturated carbocycles. The minimum absolute atomic E-state index is 0.661. The van der Waals surface area contributed by atoms with E-state index in [1.807, 2.05) is 6.92 Å². The van der Waals surface area contributed by atoms with E-state index in [9.17, 15) is 0 Å². The molecule has 1 rings (SSSR count). The molecule has 0 saturated heterocycles. The third-order valence-corrected chi connectivity index (χ3v) is 3.29. The molecule has 1 aliphatic carbocycles. The van der Waals surface area contributed by atoms with Gasteiger partial charge in [-0.3, -0.25) is 0 Å². The lowest BCUT2D eigenvalue weighted by molar-refractivity contribution is 0.175. The van der Waals surface area contributed by atoms with E-state index >= 15 is 0 Å². The largest absolute Gasteiger partial charge is 0.106 e. The normalized spacial score (nSPS) is 41.7. The van der Waals surface area contributed by atoms with Crippen LogP contribution in [0.3, 0.4) is 0 Å². The molecule has 0 aromatic carbocycles. The second-order valence-corrected chi connectivity index (χ2v) is 4.41. The molecule has 12 heavy (non-hydrogen) atoms. The fourth-order valence-electron chi connectivity index (χ4n) is 2.37. The van der Waals surface area contributed by atoms with E-state index in [0.717, 1.165) is 17.8 Å². The van der Waals surface area contributed by atoms with Crippen LogP contribution in [0.5, 0.6) is 0 Å². The maximum absolute atomic E-state index is 3.35. The third-order valence-electron chi connectivity index (χ3n) is 3.29. The number of rotatable bonds is 0. The number of hydrogen-bond acceptors (Lipinski definition) is 0. The smallest absolute Gasteiger partial charge is 0.0233 e. The molecule has 0 heterocycles. The quantitative estimate of drug-likeness (QED) is 0.482. The van der Waals surface area contributed by atoms with E-state index in [1.54, 1.807) is 0 Å². The molecule has 0 aromatic heterocycles. The van der Waals surface area contributed by atoms with Gasteiger partial charge in [0.1, 0.15) is 0 Å². The molecule has 0 N–H and O–H groups in total. The van der Waals surface area contributed by atoms with E-state index in [0.29, 0.717) is 5.92 Å². The zero-order chi connectivity index (χ0) is 9.14. The summed E-state index contributed by atoms with van der Waals surface area (Å²) < 4.78 is 0. The van der Waals surface area contributed by atoms with Crippen molar-refractivity contribution < 1.29 is 0 Å². The van der Waals surface area contributed by atoms with E-state index in [2.05, 4.69) is 32.6 Å². The zero-order valence-electron chi connectivity index (χ0n) is 8.72. The summed E-state index contributed by atoms with van der Waals surface area (Å²) in [5.41, 5.74) is 0. The van der Waals surface area contributed by atoms with Crippen LogP contribution in [0.25, 0.3) is 0 Å². The molecule has 0 aromatic rings. The molecule has 0 spiro atoms. The van der Waals surface area contributed by atoms with Crippen LogP contribution in [0, 0.1) is 35.5 Å². The van der Waals surface area contributed by atoms with Gasteiger partial charge in [0.25, 0.3) is 0 Å². The zero-order valence-corrected chi connectivity index (χ0v) is 8.72. The van der Waals surface area contributed by atoms with Crippen molar-refractivity contribution in [2.75, 3.05) is 0 Å². The van der Waals surface area contributed by atoms with Gasteiger partial charge >= 0.3 is 0 Å². The summed E-state index contributed by atoms with van der Waals surface area (Å²) in [6.07, 6.45) is 2.70.